The lowest BCUT2D eigenvalue weighted by Gasteiger charge is -2.10. The Morgan fingerprint density at radius 1 is 1.21 bits per heavy atom. The van der Waals surface area contributed by atoms with Crippen LogP contribution >= 0.6 is 0 Å². The summed E-state index contributed by atoms with van der Waals surface area (Å²) in [6.45, 7) is 0. The number of carbonyl (C=O) groups is 1. The van der Waals surface area contributed by atoms with Gasteiger partial charge in [-0.2, -0.15) is 18.3 Å². The molecule has 100 valence electrons. The summed E-state index contributed by atoms with van der Waals surface area (Å²) in [7, 11) is 0. The number of nitrogens with one attached hydrogen (secondary N) is 1. The van der Waals surface area contributed by atoms with E-state index in [1.807, 2.05) is 0 Å². The molecule has 2 rings (SSSR count). The van der Waals surface area contributed by atoms with Gasteiger partial charge >= 0.3 is 12.1 Å². The molecular weight excluding hydrogens is 261 g/mol. The van der Waals surface area contributed by atoms with Crippen LogP contribution in [0, 0.1) is 0 Å². The Kier molecular flexibility index (Phi) is 3.16. The number of carbonyl (C=O) groups excluding carboxylic acids is 1. The standard InChI is InChI=1S/C11H9F3N4O/c12-11(13,14)10(19)17-9-5-6-16-18(9)8-3-1-7(15)2-4-8/h1-6H,15H2,(H,17,19). The second-order valence-electron chi connectivity index (χ2n) is 3.67. The van der Waals surface area contributed by atoms with Crippen LogP contribution in [-0.2, 0) is 4.79 Å². The highest BCUT2D eigenvalue weighted by molar-refractivity contribution is 5.94. The predicted molar refractivity (Wildman–Crippen MR) is 62.7 cm³/mol. The Morgan fingerprint density at radius 3 is 2.42 bits per heavy atom. The molecule has 0 aliphatic heterocycles. The third-order valence-corrected chi connectivity index (χ3v) is 2.28. The zero-order valence-electron chi connectivity index (χ0n) is 9.48. The zero-order valence-corrected chi connectivity index (χ0v) is 9.48. The topological polar surface area (TPSA) is 72.9 Å². The van der Waals surface area contributed by atoms with Crippen molar-refractivity contribution < 1.29 is 18.0 Å². The van der Waals surface area contributed by atoms with Gasteiger partial charge in [-0.25, -0.2) is 4.68 Å². The van der Waals surface area contributed by atoms with Gasteiger partial charge in [0.25, 0.3) is 0 Å². The number of alkyl halides is 3. The van der Waals surface area contributed by atoms with Gasteiger partial charge in [0.1, 0.15) is 5.82 Å². The van der Waals surface area contributed by atoms with E-state index in [0.29, 0.717) is 11.4 Å². The van der Waals surface area contributed by atoms with E-state index < -0.39 is 12.1 Å². The summed E-state index contributed by atoms with van der Waals surface area (Å²) in [5, 5.41) is 5.59. The van der Waals surface area contributed by atoms with Crippen molar-refractivity contribution in [3.05, 3.63) is 36.5 Å². The molecule has 5 nitrogen and oxygen atoms in total. The van der Waals surface area contributed by atoms with Crippen molar-refractivity contribution in [3.63, 3.8) is 0 Å². The molecule has 1 amide bonds. The average Bonchev–Trinajstić information content (AvgIpc) is 2.77. The van der Waals surface area contributed by atoms with Crippen molar-refractivity contribution in [2.24, 2.45) is 0 Å². The normalized spacial score (nSPS) is 11.3. The number of nitrogen functional groups attached to an aromatic ring is 1. The molecule has 0 radical (unpaired) electrons. The SMILES string of the molecule is Nc1ccc(-n2nccc2NC(=O)C(F)(F)F)cc1. The van der Waals surface area contributed by atoms with Crippen LogP contribution in [-0.4, -0.2) is 21.9 Å². The molecule has 0 bridgehead atoms. The van der Waals surface area contributed by atoms with E-state index in [4.69, 9.17) is 5.73 Å². The van der Waals surface area contributed by atoms with E-state index >= 15 is 0 Å². The molecule has 0 fully saturated rings. The molecule has 8 heteroatoms. The van der Waals surface area contributed by atoms with Gasteiger partial charge in [-0.05, 0) is 24.3 Å². The van der Waals surface area contributed by atoms with Crippen molar-refractivity contribution in [2.45, 2.75) is 6.18 Å². The second kappa shape index (κ2) is 4.63. The first kappa shape index (κ1) is 12.9. The van der Waals surface area contributed by atoms with Gasteiger partial charge in [0.2, 0.25) is 0 Å². The van der Waals surface area contributed by atoms with Gasteiger partial charge in [-0.3, -0.25) is 4.79 Å². The van der Waals surface area contributed by atoms with Gasteiger partial charge in [0, 0.05) is 11.8 Å². The Bertz CT molecular complexity index is 589. The maximum Gasteiger partial charge on any atom is 0.471 e. The number of rotatable bonds is 2. The molecule has 0 aliphatic rings. The molecule has 0 saturated heterocycles. The number of nitrogens with two attached hydrogens (primary N) is 1. The van der Waals surface area contributed by atoms with Gasteiger partial charge in [-0.1, -0.05) is 0 Å². The minimum Gasteiger partial charge on any atom is -0.399 e. The van der Waals surface area contributed by atoms with E-state index in [9.17, 15) is 18.0 Å². The fourth-order valence-electron chi connectivity index (χ4n) is 1.41. The number of benzene rings is 1. The highest BCUT2D eigenvalue weighted by Gasteiger charge is 2.39. The molecule has 2 aromatic rings. The summed E-state index contributed by atoms with van der Waals surface area (Å²) in [6.07, 6.45) is -3.67. The van der Waals surface area contributed by atoms with Crippen LogP contribution < -0.4 is 11.1 Å². The minimum atomic E-state index is -4.95. The monoisotopic (exact) mass is 270 g/mol. The highest BCUT2D eigenvalue weighted by atomic mass is 19.4. The number of hydrogen-bond donors (Lipinski definition) is 2. The van der Waals surface area contributed by atoms with E-state index in [0.717, 1.165) is 0 Å². The van der Waals surface area contributed by atoms with Crippen LogP contribution in [0.2, 0.25) is 0 Å². The first-order valence-corrected chi connectivity index (χ1v) is 5.16. The molecule has 0 atom stereocenters. The van der Waals surface area contributed by atoms with Crippen LogP contribution in [0.15, 0.2) is 36.5 Å². The summed E-state index contributed by atoms with van der Waals surface area (Å²) in [6, 6.07) is 7.57. The summed E-state index contributed by atoms with van der Waals surface area (Å²) >= 11 is 0. The van der Waals surface area contributed by atoms with Gasteiger partial charge < -0.3 is 11.1 Å². The Labute approximate surface area is 105 Å². The third-order valence-electron chi connectivity index (χ3n) is 2.28. The molecule has 0 unspecified atom stereocenters. The lowest BCUT2D eigenvalue weighted by Crippen LogP contribution is -2.30. The number of nitrogens with zero attached hydrogens (tertiary/aromatic N) is 2. The van der Waals surface area contributed by atoms with E-state index in [2.05, 4.69) is 5.10 Å². The number of amides is 1. The largest absolute Gasteiger partial charge is 0.471 e. The van der Waals surface area contributed by atoms with Crippen molar-refractivity contribution >= 4 is 17.4 Å². The fourth-order valence-corrected chi connectivity index (χ4v) is 1.41. The first-order chi connectivity index (χ1) is 8.88. The molecule has 0 spiro atoms. The Hall–Kier alpha value is -2.51. The number of halogens is 3. The number of aromatic nitrogens is 2. The quantitative estimate of drug-likeness (QED) is 0.819. The second-order valence-corrected chi connectivity index (χ2v) is 3.67. The molecule has 19 heavy (non-hydrogen) atoms. The summed E-state index contributed by atoms with van der Waals surface area (Å²) < 4.78 is 37.7. The van der Waals surface area contributed by atoms with Crippen LogP contribution in [0.3, 0.4) is 0 Å². The first-order valence-electron chi connectivity index (χ1n) is 5.16. The van der Waals surface area contributed by atoms with Crippen molar-refractivity contribution in [2.75, 3.05) is 11.1 Å². The predicted octanol–water partition coefficient (Wildman–Crippen LogP) is 1.96. The van der Waals surface area contributed by atoms with Crippen LogP contribution in [0.4, 0.5) is 24.7 Å². The van der Waals surface area contributed by atoms with Crippen molar-refractivity contribution in [1.82, 2.24) is 9.78 Å². The van der Waals surface area contributed by atoms with E-state index in [1.54, 1.807) is 29.6 Å². The summed E-state index contributed by atoms with van der Waals surface area (Å²) in [4.78, 5) is 10.9. The maximum atomic E-state index is 12.2. The van der Waals surface area contributed by atoms with E-state index in [-0.39, 0.29) is 5.82 Å². The zero-order chi connectivity index (χ0) is 14.0. The van der Waals surface area contributed by atoms with E-state index in [1.165, 1.54) is 16.9 Å². The Balaban J connectivity index is 2.28. The summed E-state index contributed by atoms with van der Waals surface area (Å²) in [5.74, 6) is -2.13. The molecule has 1 aromatic heterocycles. The van der Waals surface area contributed by atoms with Gasteiger partial charge in [-0.15, -0.1) is 0 Å². The number of hydrogen-bond acceptors (Lipinski definition) is 3. The average molecular weight is 270 g/mol. The van der Waals surface area contributed by atoms with Crippen LogP contribution in [0.5, 0.6) is 0 Å². The summed E-state index contributed by atoms with van der Waals surface area (Å²) in [5.41, 5.74) is 6.50. The molecule has 0 aliphatic carbocycles. The van der Waals surface area contributed by atoms with Crippen LogP contribution in [0.1, 0.15) is 0 Å². The number of anilines is 2. The Morgan fingerprint density at radius 2 is 1.84 bits per heavy atom. The van der Waals surface area contributed by atoms with Gasteiger partial charge in [0.15, 0.2) is 0 Å². The molecular formula is C11H9F3N4O. The van der Waals surface area contributed by atoms with Crippen molar-refractivity contribution in [3.8, 4) is 5.69 Å². The van der Waals surface area contributed by atoms with Crippen LogP contribution in [0.25, 0.3) is 5.69 Å². The molecule has 1 heterocycles. The highest BCUT2D eigenvalue weighted by Crippen LogP contribution is 2.20. The lowest BCUT2D eigenvalue weighted by atomic mass is 10.3. The molecule has 1 aromatic carbocycles. The lowest BCUT2D eigenvalue weighted by molar-refractivity contribution is -0.167. The molecule has 0 saturated carbocycles. The minimum absolute atomic E-state index is 0.0768. The van der Waals surface area contributed by atoms with Crippen molar-refractivity contribution in [1.29, 1.82) is 0 Å². The maximum absolute atomic E-state index is 12.2. The molecule has 3 N–H and O–H groups in total. The fraction of sp³-hybridized carbons (Fsp3) is 0.0909. The van der Waals surface area contributed by atoms with Gasteiger partial charge in [0.05, 0.1) is 11.9 Å². The smallest absolute Gasteiger partial charge is 0.399 e. The third kappa shape index (κ3) is 2.84.